The first-order valence-electron chi connectivity index (χ1n) is 5.31. The average Bonchev–Trinajstić information content (AvgIpc) is 2.80. The molecule has 5 nitrogen and oxygen atoms in total. The van der Waals surface area contributed by atoms with Gasteiger partial charge in [-0.2, -0.15) is 0 Å². The van der Waals surface area contributed by atoms with E-state index in [0.29, 0.717) is 25.9 Å². The first-order chi connectivity index (χ1) is 7.75. The lowest BCUT2D eigenvalue weighted by Crippen LogP contribution is -2.42. The van der Waals surface area contributed by atoms with Crippen molar-refractivity contribution in [3.8, 4) is 0 Å². The van der Waals surface area contributed by atoms with Crippen LogP contribution in [-0.2, 0) is 16.1 Å². The summed E-state index contributed by atoms with van der Waals surface area (Å²) >= 11 is 0. The topological polar surface area (TPSA) is 71.3 Å². The van der Waals surface area contributed by atoms with Crippen molar-refractivity contribution in [2.75, 3.05) is 6.54 Å². The highest BCUT2D eigenvalue weighted by Gasteiger charge is 2.23. The summed E-state index contributed by atoms with van der Waals surface area (Å²) in [6.45, 7) is 0.913. The van der Waals surface area contributed by atoms with Crippen LogP contribution in [0.1, 0.15) is 18.4 Å². The number of amides is 2. The van der Waals surface area contributed by atoms with Gasteiger partial charge in [0.25, 0.3) is 0 Å². The summed E-state index contributed by atoms with van der Waals surface area (Å²) < 4.78 is 4.90. The Morgan fingerprint density at radius 3 is 3.12 bits per heavy atom. The largest absolute Gasteiger partial charge is 0.472 e. The van der Waals surface area contributed by atoms with Gasteiger partial charge in [-0.1, -0.05) is 0 Å². The molecule has 0 bridgehead atoms. The van der Waals surface area contributed by atoms with E-state index in [1.165, 1.54) is 0 Å². The molecule has 1 aliphatic rings. The number of piperidine rings is 1. The maximum absolute atomic E-state index is 11.7. The Hall–Kier alpha value is -1.78. The minimum absolute atomic E-state index is 0.0128. The number of hydrogen-bond acceptors (Lipinski definition) is 3. The van der Waals surface area contributed by atoms with E-state index in [4.69, 9.17) is 4.42 Å². The van der Waals surface area contributed by atoms with Crippen LogP contribution in [0.15, 0.2) is 23.0 Å². The van der Waals surface area contributed by atoms with Crippen LogP contribution in [-0.4, -0.2) is 18.4 Å². The van der Waals surface area contributed by atoms with Crippen molar-refractivity contribution in [1.82, 2.24) is 10.6 Å². The predicted octanol–water partition coefficient (Wildman–Crippen LogP) is 0.422. The second-order valence-corrected chi connectivity index (χ2v) is 3.89. The molecule has 1 fully saturated rings. The minimum Gasteiger partial charge on any atom is -0.472 e. The Bertz CT molecular complexity index is 363. The van der Waals surface area contributed by atoms with Crippen molar-refractivity contribution in [1.29, 1.82) is 0 Å². The summed E-state index contributed by atoms with van der Waals surface area (Å²) in [6.07, 6.45) is 4.23. The number of carbonyl (C=O) groups is 2. The van der Waals surface area contributed by atoms with Crippen molar-refractivity contribution in [3.63, 3.8) is 0 Å². The van der Waals surface area contributed by atoms with E-state index < -0.39 is 0 Å². The molecular formula is C11H14N2O3. The lowest BCUT2D eigenvalue weighted by atomic mass is 9.98. The fourth-order valence-electron chi connectivity index (χ4n) is 1.68. The van der Waals surface area contributed by atoms with Gasteiger partial charge >= 0.3 is 0 Å². The summed E-state index contributed by atoms with van der Waals surface area (Å²) in [5.41, 5.74) is 0.938. The second-order valence-electron chi connectivity index (χ2n) is 3.89. The molecule has 0 aliphatic carbocycles. The van der Waals surface area contributed by atoms with Gasteiger partial charge in [0, 0.05) is 25.1 Å². The third kappa shape index (κ3) is 2.62. The molecule has 2 rings (SSSR count). The molecule has 2 amide bonds. The van der Waals surface area contributed by atoms with Crippen molar-refractivity contribution in [2.24, 2.45) is 5.92 Å². The number of carbonyl (C=O) groups excluding carboxylic acids is 2. The Morgan fingerprint density at radius 2 is 2.50 bits per heavy atom. The van der Waals surface area contributed by atoms with Crippen LogP contribution >= 0.6 is 0 Å². The molecule has 2 heterocycles. The second kappa shape index (κ2) is 4.83. The van der Waals surface area contributed by atoms with E-state index in [1.807, 2.05) is 6.07 Å². The Kier molecular flexibility index (Phi) is 3.24. The zero-order valence-electron chi connectivity index (χ0n) is 8.86. The fourth-order valence-corrected chi connectivity index (χ4v) is 1.68. The zero-order valence-corrected chi connectivity index (χ0v) is 8.86. The molecule has 1 saturated heterocycles. The van der Waals surface area contributed by atoms with E-state index in [1.54, 1.807) is 12.5 Å². The highest BCUT2D eigenvalue weighted by atomic mass is 16.3. The molecule has 1 aromatic rings. The normalized spacial score (nSPS) is 20.2. The quantitative estimate of drug-likeness (QED) is 0.778. The van der Waals surface area contributed by atoms with Crippen LogP contribution < -0.4 is 10.6 Å². The first-order valence-corrected chi connectivity index (χ1v) is 5.31. The molecule has 5 heteroatoms. The van der Waals surface area contributed by atoms with Gasteiger partial charge in [-0.3, -0.25) is 9.59 Å². The first kappa shape index (κ1) is 10.7. The molecule has 86 valence electrons. The number of furan rings is 1. The van der Waals surface area contributed by atoms with Crippen molar-refractivity contribution >= 4 is 11.8 Å². The van der Waals surface area contributed by atoms with Crippen LogP contribution in [0.4, 0.5) is 0 Å². The highest BCUT2D eigenvalue weighted by Crippen LogP contribution is 2.11. The molecule has 1 aliphatic heterocycles. The van der Waals surface area contributed by atoms with Gasteiger partial charge in [0.05, 0.1) is 18.4 Å². The summed E-state index contributed by atoms with van der Waals surface area (Å²) in [7, 11) is 0. The summed E-state index contributed by atoms with van der Waals surface area (Å²) in [5, 5.41) is 5.51. The third-order valence-corrected chi connectivity index (χ3v) is 2.68. The van der Waals surface area contributed by atoms with Gasteiger partial charge in [0.1, 0.15) is 0 Å². The highest BCUT2D eigenvalue weighted by molar-refractivity contribution is 5.83. The Labute approximate surface area is 93.2 Å². The SMILES string of the molecule is O=C1CCC(C(=O)NCc2ccoc2)CN1. The number of rotatable bonds is 3. The van der Waals surface area contributed by atoms with Gasteiger partial charge < -0.3 is 15.1 Å². The molecule has 2 N–H and O–H groups in total. The molecule has 16 heavy (non-hydrogen) atoms. The van der Waals surface area contributed by atoms with Crippen molar-refractivity contribution < 1.29 is 14.0 Å². The predicted molar refractivity (Wildman–Crippen MR) is 56.3 cm³/mol. The van der Waals surface area contributed by atoms with E-state index in [2.05, 4.69) is 10.6 Å². The van der Waals surface area contributed by atoms with Crippen LogP contribution in [0, 0.1) is 5.92 Å². The molecule has 1 atom stereocenters. The monoisotopic (exact) mass is 222 g/mol. The van der Waals surface area contributed by atoms with E-state index >= 15 is 0 Å². The van der Waals surface area contributed by atoms with E-state index in [-0.39, 0.29) is 17.7 Å². The number of nitrogens with one attached hydrogen (secondary N) is 2. The van der Waals surface area contributed by atoms with E-state index in [0.717, 1.165) is 5.56 Å². The maximum atomic E-state index is 11.7. The summed E-state index contributed by atoms with van der Waals surface area (Å²) in [6, 6.07) is 1.81. The van der Waals surface area contributed by atoms with Gasteiger partial charge in [-0.05, 0) is 12.5 Å². The molecule has 0 aromatic carbocycles. The van der Waals surface area contributed by atoms with Crippen LogP contribution in [0.2, 0.25) is 0 Å². The fraction of sp³-hybridized carbons (Fsp3) is 0.455. The average molecular weight is 222 g/mol. The molecule has 1 unspecified atom stereocenters. The van der Waals surface area contributed by atoms with Gasteiger partial charge in [-0.15, -0.1) is 0 Å². The van der Waals surface area contributed by atoms with Crippen LogP contribution in [0.5, 0.6) is 0 Å². The van der Waals surface area contributed by atoms with Gasteiger partial charge in [-0.25, -0.2) is 0 Å². The molecular weight excluding hydrogens is 208 g/mol. The Morgan fingerprint density at radius 1 is 1.62 bits per heavy atom. The maximum Gasteiger partial charge on any atom is 0.225 e. The standard InChI is InChI=1S/C11H14N2O3/c14-10-2-1-9(6-12-10)11(15)13-5-8-3-4-16-7-8/h3-4,7,9H,1-2,5-6H2,(H,12,14)(H,13,15). The molecule has 0 radical (unpaired) electrons. The van der Waals surface area contributed by atoms with Crippen LogP contribution in [0.3, 0.4) is 0 Å². The zero-order chi connectivity index (χ0) is 11.4. The smallest absolute Gasteiger partial charge is 0.225 e. The van der Waals surface area contributed by atoms with Gasteiger partial charge in [0.15, 0.2) is 0 Å². The van der Waals surface area contributed by atoms with Crippen LogP contribution in [0.25, 0.3) is 0 Å². The minimum atomic E-state index is -0.107. The van der Waals surface area contributed by atoms with Crippen molar-refractivity contribution in [3.05, 3.63) is 24.2 Å². The molecule has 0 spiro atoms. The lowest BCUT2D eigenvalue weighted by Gasteiger charge is -2.21. The summed E-state index contributed by atoms with van der Waals surface area (Å²) in [5.74, 6) is -0.0929. The lowest BCUT2D eigenvalue weighted by molar-refractivity contribution is -0.129. The molecule has 0 saturated carbocycles. The molecule has 1 aromatic heterocycles. The van der Waals surface area contributed by atoms with E-state index in [9.17, 15) is 9.59 Å². The summed E-state index contributed by atoms with van der Waals surface area (Å²) in [4.78, 5) is 22.6. The van der Waals surface area contributed by atoms with Crippen molar-refractivity contribution in [2.45, 2.75) is 19.4 Å². The Balaban J connectivity index is 1.77. The number of hydrogen-bond donors (Lipinski definition) is 2. The third-order valence-electron chi connectivity index (χ3n) is 2.68. The van der Waals surface area contributed by atoms with Gasteiger partial charge in [0.2, 0.25) is 11.8 Å².